The lowest BCUT2D eigenvalue weighted by Crippen LogP contribution is -2.23. The first-order valence-corrected chi connectivity index (χ1v) is 5.82. The van der Waals surface area contributed by atoms with Gasteiger partial charge in [-0.15, -0.1) is 0 Å². The summed E-state index contributed by atoms with van der Waals surface area (Å²) in [5.41, 5.74) is 1.42. The van der Waals surface area contributed by atoms with E-state index in [1.807, 2.05) is 25.2 Å². The average Bonchev–Trinajstić information content (AvgIpc) is 3.11. The number of nitrogens with one attached hydrogen (secondary N) is 1. The van der Waals surface area contributed by atoms with E-state index in [1.54, 1.807) is 19.0 Å². The first kappa shape index (κ1) is 11.8. The van der Waals surface area contributed by atoms with Crippen molar-refractivity contribution >= 4 is 11.6 Å². The van der Waals surface area contributed by atoms with Gasteiger partial charge in [0.2, 0.25) is 0 Å². The quantitative estimate of drug-likeness (QED) is 0.866. The van der Waals surface area contributed by atoms with Crippen molar-refractivity contribution in [3.8, 4) is 5.75 Å². The summed E-state index contributed by atoms with van der Waals surface area (Å²) in [6, 6.07) is 5.64. The van der Waals surface area contributed by atoms with Gasteiger partial charge < -0.3 is 15.0 Å². The molecule has 1 N–H and O–H groups in total. The molecule has 1 aliphatic rings. The molecular formula is C13H18N2O2. The Morgan fingerprint density at radius 2 is 2.12 bits per heavy atom. The maximum Gasteiger partial charge on any atom is 0.259 e. The zero-order chi connectivity index (χ0) is 12.4. The van der Waals surface area contributed by atoms with E-state index in [1.165, 1.54) is 0 Å². The number of hydrogen-bond donors (Lipinski definition) is 1. The standard InChI is InChI=1S/C13H18N2O2/c1-14-10-5-4-6-11(17-9-7-8-9)12(10)13(16)15(2)3/h4-6,9,14H,7-8H2,1-3H3. The van der Waals surface area contributed by atoms with E-state index in [4.69, 9.17) is 4.74 Å². The fraction of sp³-hybridized carbons (Fsp3) is 0.462. The highest BCUT2D eigenvalue weighted by Gasteiger charge is 2.27. The van der Waals surface area contributed by atoms with Crippen molar-refractivity contribution in [2.24, 2.45) is 0 Å². The molecule has 0 bridgehead atoms. The lowest BCUT2D eigenvalue weighted by atomic mass is 10.1. The third kappa shape index (κ3) is 2.52. The molecule has 0 heterocycles. The van der Waals surface area contributed by atoms with E-state index in [0.29, 0.717) is 11.3 Å². The van der Waals surface area contributed by atoms with Crippen molar-refractivity contribution in [1.82, 2.24) is 4.90 Å². The molecule has 0 atom stereocenters. The molecule has 1 fully saturated rings. The molecule has 0 aromatic heterocycles. The summed E-state index contributed by atoms with van der Waals surface area (Å²) < 4.78 is 5.78. The van der Waals surface area contributed by atoms with Crippen molar-refractivity contribution in [3.63, 3.8) is 0 Å². The monoisotopic (exact) mass is 234 g/mol. The van der Waals surface area contributed by atoms with E-state index in [-0.39, 0.29) is 12.0 Å². The highest BCUT2D eigenvalue weighted by Crippen LogP contribution is 2.33. The van der Waals surface area contributed by atoms with Gasteiger partial charge in [0.25, 0.3) is 5.91 Å². The topological polar surface area (TPSA) is 41.6 Å². The number of benzene rings is 1. The Bertz CT molecular complexity index is 425. The summed E-state index contributed by atoms with van der Waals surface area (Å²) in [6.07, 6.45) is 2.45. The Balaban J connectivity index is 2.38. The molecule has 1 aromatic rings. The molecule has 1 saturated carbocycles. The molecule has 0 radical (unpaired) electrons. The first-order chi connectivity index (χ1) is 8.13. The zero-order valence-corrected chi connectivity index (χ0v) is 10.5. The second kappa shape index (κ2) is 4.65. The van der Waals surface area contributed by atoms with Gasteiger partial charge in [-0.05, 0) is 25.0 Å². The molecule has 0 spiro atoms. The lowest BCUT2D eigenvalue weighted by Gasteiger charge is -2.17. The van der Waals surface area contributed by atoms with Crippen LogP contribution in [0.25, 0.3) is 0 Å². The minimum absolute atomic E-state index is 0.0365. The third-order valence-electron chi connectivity index (χ3n) is 2.73. The number of hydrogen-bond acceptors (Lipinski definition) is 3. The summed E-state index contributed by atoms with van der Waals surface area (Å²) in [4.78, 5) is 13.7. The fourth-order valence-electron chi connectivity index (χ4n) is 1.65. The molecular weight excluding hydrogens is 216 g/mol. The Morgan fingerprint density at radius 1 is 1.41 bits per heavy atom. The lowest BCUT2D eigenvalue weighted by molar-refractivity contribution is 0.0824. The number of rotatable bonds is 4. The number of carbonyl (C=O) groups is 1. The maximum absolute atomic E-state index is 12.2. The largest absolute Gasteiger partial charge is 0.490 e. The molecule has 4 nitrogen and oxygen atoms in total. The predicted octanol–water partition coefficient (Wildman–Crippen LogP) is 1.97. The number of amides is 1. The Kier molecular flexibility index (Phi) is 3.22. The summed E-state index contributed by atoms with van der Waals surface area (Å²) in [5.74, 6) is 0.642. The third-order valence-corrected chi connectivity index (χ3v) is 2.73. The minimum Gasteiger partial charge on any atom is -0.490 e. The summed E-state index contributed by atoms with van der Waals surface area (Å²) in [5, 5.41) is 3.04. The molecule has 1 aliphatic carbocycles. The van der Waals surface area contributed by atoms with Crippen LogP contribution < -0.4 is 10.1 Å². The van der Waals surface area contributed by atoms with Crippen molar-refractivity contribution in [3.05, 3.63) is 23.8 Å². The van der Waals surface area contributed by atoms with Crippen molar-refractivity contribution < 1.29 is 9.53 Å². The second-order valence-corrected chi connectivity index (χ2v) is 4.45. The molecule has 0 aliphatic heterocycles. The van der Waals surface area contributed by atoms with Crippen LogP contribution in [0.4, 0.5) is 5.69 Å². The van der Waals surface area contributed by atoms with E-state index in [2.05, 4.69) is 5.32 Å². The molecule has 2 rings (SSSR count). The van der Waals surface area contributed by atoms with Crippen molar-refractivity contribution in [2.75, 3.05) is 26.5 Å². The van der Waals surface area contributed by atoms with Crippen LogP contribution >= 0.6 is 0 Å². The number of nitrogens with zero attached hydrogens (tertiary/aromatic N) is 1. The van der Waals surface area contributed by atoms with Crippen molar-refractivity contribution in [2.45, 2.75) is 18.9 Å². The fourth-order valence-corrected chi connectivity index (χ4v) is 1.65. The minimum atomic E-state index is -0.0365. The van der Waals surface area contributed by atoms with Crippen molar-refractivity contribution in [1.29, 1.82) is 0 Å². The summed E-state index contributed by atoms with van der Waals surface area (Å²) in [7, 11) is 5.30. The molecule has 0 saturated heterocycles. The smallest absolute Gasteiger partial charge is 0.259 e. The predicted molar refractivity (Wildman–Crippen MR) is 67.7 cm³/mol. The second-order valence-electron chi connectivity index (χ2n) is 4.45. The van der Waals surface area contributed by atoms with Gasteiger partial charge in [0.15, 0.2) is 0 Å². The van der Waals surface area contributed by atoms with Gasteiger partial charge in [-0.2, -0.15) is 0 Å². The van der Waals surface area contributed by atoms with Crippen LogP contribution in [0.3, 0.4) is 0 Å². The number of anilines is 1. The van der Waals surface area contributed by atoms with E-state index in [0.717, 1.165) is 18.5 Å². The van der Waals surface area contributed by atoms with Gasteiger partial charge >= 0.3 is 0 Å². The van der Waals surface area contributed by atoms with Gasteiger partial charge in [0, 0.05) is 21.1 Å². The average molecular weight is 234 g/mol. The van der Waals surface area contributed by atoms with Crippen LogP contribution in [0.5, 0.6) is 5.75 Å². The SMILES string of the molecule is CNc1cccc(OC2CC2)c1C(=O)N(C)C. The van der Waals surface area contributed by atoms with Gasteiger partial charge in [-0.25, -0.2) is 0 Å². The molecule has 0 unspecified atom stereocenters. The maximum atomic E-state index is 12.2. The van der Waals surface area contributed by atoms with Crippen LogP contribution in [-0.2, 0) is 0 Å². The van der Waals surface area contributed by atoms with E-state index in [9.17, 15) is 4.79 Å². The van der Waals surface area contributed by atoms with Crippen LogP contribution in [0.2, 0.25) is 0 Å². The first-order valence-electron chi connectivity index (χ1n) is 5.82. The molecule has 92 valence electrons. The van der Waals surface area contributed by atoms with Crippen LogP contribution in [0, 0.1) is 0 Å². The normalized spacial score (nSPS) is 14.3. The van der Waals surface area contributed by atoms with Crippen LogP contribution in [0.15, 0.2) is 18.2 Å². The Hall–Kier alpha value is -1.71. The highest BCUT2D eigenvalue weighted by molar-refractivity contribution is 6.02. The van der Waals surface area contributed by atoms with Crippen LogP contribution in [-0.4, -0.2) is 38.1 Å². The highest BCUT2D eigenvalue weighted by atomic mass is 16.5. The Labute approximate surface area is 102 Å². The zero-order valence-electron chi connectivity index (χ0n) is 10.5. The van der Waals surface area contributed by atoms with E-state index < -0.39 is 0 Å². The molecule has 4 heteroatoms. The van der Waals surface area contributed by atoms with E-state index >= 15 is 0 Å². The number of ether oxygens (including phenoxy) is 1. The van der Waals surface area contributed by atoms with Gasteiger partial charge in [-0.3, -0.25) is 4.79 Å². The Morgan fingerprint density at radius 3 is 2.65 bits per heavy atom. The molecule has 17 heavy (non-hydrogen) atoms. The summed E-state index contributed by atoms with van der Waals surface area (Å²) >= 11 is 0. The van der Waals surface area contributed by atoms with Gasteiger partial charge in [0.1, 0.15) is 11.3 Å². The summed E-state index contributed by atoms with van der Waals surface area (Å²) in [6.45, 7) is 0. The van der Waals surface area contributed by atoms with Gasteiger partial charge in [-0.1, -0.05) is 6.07 Å². The molecule has 1 amide bonds. The molecule has 1 aromatic carbocycles. The number of carbonyl (C=O) groups excluding carboxylic acids is 1. The van der Waals surface area contributed by atoms with Gasteiger partial charge in [0.05, 0.1) is 11.8 Å². The van der Waals surface area contributed by atoms with Crippen LogP contribution in [0.1, 0.15) is 23.2 Å².